The summed E-state index contributed by atoms with van der Waals surface area (Å²) in [4.78, 5) is 10.5. The highest BCUT2D eigenvalue weighted by atomic mass is 32.2. The Morgan fingerprint density at radius 1 is 1.03 bits per heavy atom. The van der Waals surface area contributed by atoms with Crippen molar-refractivity contribution in [2.45, 2.75) is 63.4 Å². The number of hydrogen-bond donors (Lipinski definition) is 2. The summed E-state index contributed by atoms with van der Waals surface area (Å²) in [6.45, 7) is 9.15. The zero-order valence-corrected chi connectivity index (χ0v) is 23.3. The van der Waals surface area contributed by atoms with E-state index >= 15 is 0 Å². The molecule has 2 unspecified atom stereocenters. The van der Waals surface area contributed by atoms with E-state index in [1.807, 2.05) is 30.3 Å². The van der Waals surface area contributed by atoms with Gasteiger partial charge in [-0.15, -0.1) is 0 Å². The Hall–Kier alpha value is -3.36. The number of anilines is 1. The van der Waals surface area contributed by atoms with Gasteiger partial charge in [0.15, 0.2) is 17.3 Å². The molecule has 2 heterocycles. The fourth-order valence-corrected chi connectivity index (χ4v) is 6.61. The molecule has 0 bridgehead atoms. The van der Waals surface area contributed by atoms with E-state index in [-0.39, 0.29) is 16.3 Å². The summed E-state index contributed by atoms with van der Waals surface area (Å²) in [5.41, 5.74) is 11.0. The Labute approximate surface area is 226 Å². The van der Waals surface area contributed by atoms with Crippen molar-refractivity contribution in [1.82, 2.24) is 20.4 Å². The Kier molecular flexibility index (Phi) is 9.42. The second-order valence-electron chi connectivity index (χ2n) is 9.24. The van der Waals surface area contributed by atoms with E-state index in [1.165, 1.54) is 24.7 Å². The third-order valence-electron chi connectivity index (χ3n) is 6.49. The first kappa shape index (κ1) is 27.7. The SMILES string of the molecule is C/C=S(\c1ccc(-c2cnc(N)c(-c3cc(-c4ccc(CNCC(C)F)cc4)no3)n2)cc1)C(CC)CC. The Morgan fingerprint density at radius 2 is 1.68 bits per heavy atom. The topological polar surface area (TPSA) is 89.9 Å². The van der Waals surface area contributed by atoms with Crippen LogP contribution < -0.4 is 11.1 Å². The van der Waals surface area contributed by atoms with Crippen LogP contribution in [0, 0.1) is 0 Å². The Balaban J connectivity index is 1.53. The highest BCUT2D eigenvalue weighted by molar-refractivity contribution is 8.15. The van der Waals surface area contributed by atoms with Gasteiger partial charge >= 0.3 is 0 Å². The third-order valence-corrected chi connectivity index (χ3v) is 9.20. The molecule has 6 nitrogen and oxygen atoms in total. The third kappa shape index (κ3) is 6.55. The lowest BCUT2D eigenvalue weighted by Gasteiger charge is -2.19. The van der Waals surface area contributed by atoms with Crippen LogP contribution in [0.4, 0.5) is 10.2 Å². The van der Waals surface area contributed by atoms with Crippen molar-refractivity contribution in [2.75, 3.05) is 12.3 Å². The summed E-state index contributed by atoms with van der Waals surface area (Å²) >= 11 is 0. The molecule has 200 valence electrons. The monoisotopic (exact) mass is 533 g/mol. The number of hydrogen-bond acceptors (Lipinski definition) is 6. The fraction of sp³-hybridized carbons (Fsp3) is 0.333. The molecule has 8 heteroatoms. The van der Waals surface area contributed by atoms with Crippen molar-refractivity contribution < 1.29 is 8.91 Å². The first-order chi connectivity index (χ1) is 18.4. The molecule has 38 heavy (non-hydrogen) atoms. The van der Waals surface area contributed by atoms with Crippen LogP contribution in [0.2, 0.25) is 0 Å². The average Bonchev–Trinajstić information content (AvgIpc) is 3.42. The van der Waals surface area contributed by atoms with Gasteiger partial charge < -0.3 is 15.6 Å². The summed E-state index contributed by atoms with van der Waals surface area (Å²) in [5.74, 6) is 0.745. The normalized spacial score (nSPS) is 13.2. The molecule has 0 aliphatic heterocycles. The minimum absolute atomic E-state index is 0.121. The number of nitrogens with two attached hydrogens (primary N) is 1. The van der Waals surface area contributed by atoms with E-state index in [0.29, 0.717) is 35.5 Å². The van der Waals surface area contributed by atoms with Gasteiger partial charge in [0.05, 0.1) is 11.9 Å². The molecule has 0 fully saturated rings. The van der Waals surface area contributed by atoms with Crippen LogP contribution in [0.5, 0.6) is 0 Å². The van der Waals surface area contributed by atoms with Crippen LogP contribution in [0.15, 0.2) is 70.2 Å². The van der Waals surface area contributed by atoms with Crippen LogP contribution in [0.1, 0.15) is 46.1 Å². The largest absolute Gasteiger partial charge is 0.382 e. The molecule has 2 atom stereocenters. The number of benzene rings is 2. The van der Waals surface area contributed by atoms with E-state index in [2.05, 4.69) is 65.9 Å². The number of nitrogen functional groups attached to an aromatic ring is 1. The number of rotatable bonds is 11. The van der Waals surface area contributed by atoms with Crippen LogP contribution in [-0.4, -0.2) is 38.5 Å². The van der Waals surface area contributed by atoms with Gasteiger partial charge in [-0.2, -0.15) is 10.5 Å². The molecule has 0 aliphatic carbocycles. The van der Waals surface area contributed by atoms with Crippen molar-refractivity contribution in [2.24, 2.45) is 0 Å². The van der Waals surface area contributed by atoms with Gasteiger partial charge in [0.25, 0.3) is 0 Å². The summed E-state index contributed by atoms with van der Waals surface area (Å²) < 4.78 is 18.6. The van der Waals surface area contributed by atoms with Crippen LogP contribution in [0.25, 0.3) is 34.0 Å². The van der Waals surface area contributed by atoms with Gasteiger partial charge in [0.2, 0.25) is 0 Å². The molecule has 4 rings (SSSR count). The molecule has 0 spiro atoms. The fourth-order valence-electron chi connectivity index (χ4n) is 4.40. The lowest BCUT2D eigenvalue weighted by Crippen LogP contribution is -2.21. The molecule has 0 aliphatic rings. The van der Waals surface area contributed by atoms with E-state index < -0.39 is 6.17 Å². The maximum atomic E-state index is 13.0. The predicted molar refractivity (Wildman–Crippen MR) is 157 cm³/mol. The zero-order valence-electron chi connectivity index (χ0n) is 22.4. The molecule has 2 aromatic heterocycles. The Morgan fingerprint density at radius 3 is 2.32 bits per heavy atom. The Bertz CT molecular complexity index is 1360. The first-order valence-corrected chi connectivity index (χ1v) is 14.4. The van der Waals surface area contributed by atoms with E-state index in [0.717, 1.165) is 22.4 Å². The second-order valence-corrected chi connectivity index (χ2v) is 11.6. The molecule has 2 aromatic carbocycles. The molecule has 0 saturated carbocycles. The lowest BCUT2D eigenvalue weighted by atomic mass is 10.1. The molecule has 0 radical (unpaired) electrons. The zero-order chi connectivity index (χ0) is 27.1. The van der Waals surface area contributed by atoms with Gasteiger partial charge in [-0.1, -0.05) is 60.8 Å². The quantitative estimate of drug-likeness (QED) is 0.199. The molecule has 3 N–H and O–H groups in total. The van der Waals surface area contributed by atoms with Gasteiger partial charge in [-0.05, 0) is 44.4 Å². The van der Waals surface area contributed by atoms with Gasteiger partial charge in [-0.25, -0.2) is 14.4 Å². The molecule has 0 saturated heterocycles. The van der Waals surface area contributed by atoms with Crippen LogP contribution >= 0.6 is 10.5 Å². The maximum Gasteiger partial charge on any atom is 0.189 e. The maximum absolute atomic E-state index is 13.0. The van der Waals surface area contributed by atoms with Crippen molar-refractivity contribution in [3.8, 4) is 34.0 Å². The molecule has 4 aromatic rings. The van der Waals surface area contributed by atoms with Crippen LogP contribution in [0.3, 0.4) is 0 Å². The van der Waals surface area contributed by atoms with Gasteiger partial charge in [-0.3, -0.25) is 0 Å². The highest BCUT2D eigenvalue weighted by Crippen LogP contribution is 2.36. The number of alkyl halides is 1. The molecular formula is C30H36FN5OS. The summed E-state index contributed by atoms with van der Waals surface area (Å²) in [6, 6.07) is 18.3. The van der Waals surface area contributed by atoms with Crippen molar-refractivity contribution in [1.29, 1.82) is 0 Å². The molecule has 0 amide bonds. The lowest BCUT2D eigenvalue weighted by molar-refractivity contribution is 0.344. The average molecular weight is 534 g/mol. The van der Waals surface area contributed by atoms with Crippen molar-refractivity contribution in [3.63, 3.8) is 0 Å². The second kappa shape index (κ2) is 12.9. The number of nitrogens with zero attached hydrogens (tertiary/aromatic N) is 3. The van der Waals surface area contributed by atoms with Crippen molar-refractivity contribution >= 4 is 21.7 Å². The molecular weight excluding hydrogens is 497 g/mol. The summed E-state index contributed by atoms with van der Waals surface area (Å²) in [5, 5.41) is 10.3. The minimum atomic E-state index is -0.872. The number of aromatic nitrogens is 3. The van der Waals surface area contributed by atoms with E-state index in [9.17, 15) is 4.39 Å². The summed E-state index contributed by atoms with van der Waals surface area (Å²) in [7, 11) is 0.121. The number of nitrogens with one attached hydrogen (secondary N) is 1. The smallest absolute Gasteiger partial charge is 0.189 e. The van der Waals surface area contributed by atoms with E-state index in [4.69, 9.17) is 15.2 Å². The van der Waals surface area contributed by atoms with Crippen LogP contribution in [-0.2, 0) is 6.54 Å². The van der Waals surface area contributed by atoms with Gasteiger partial charge in [0.1, 0.15) is 11.9 Å². The standard InChI is InChI=1S/C30H36FN5OS/c1-5-24(6-2)38(7-3)25-14-12-23(13-15-25)27-19-34-30(32)29(35-27)28-16-26(36-37-28)22-10-8-21(9-11-22)18-33-17-20(4)31/h7-16,19-20,24,33H,5-6,17-18H2,1-4H3,(H2,32,34). The summed E-state index contributed by atoms with van der Waals surface area (Å²) in [6.07, 6.45) is 3.15. The van der Waals surface area contributed by atoms with E-state index in [1.54, 1.807) is 6.20 Å². The van der Waals surface area contributed by atoms with Crippen molar-refractivity contribution in [3.05, 3.63) is 66.4 Å². The highest BCUT2D eigenvalue weighted by Gasteiger charge is 2.16. The number of halogens is 1. The first-order valence-electron chi connectivity index (χ1n) is 13.1. The van der Waals surface area contributed by atoms with Gasteiger partial charge in [0, 0.05) is 40.4 Å². The predicted octanol–water partition coefficient (Wildman–Crippen LogP) is 7.13. The minimum Gasteiger partial charge on any atom is -0.382 e.